The van der Waals surface area contributed by atoms with E-state index < -0.39 is 0 Å². The van der Waals surface area contributed by atoms with Crippen LogP contribution >= 0.6 is 0 Å². The van der Waals surface area contributed by atoms with Gasteiger partial charge >= 0.3 is 0 Å². The van der Waals surface area contributed by atoms with E-state index in [1.807, 2.05) is 0 Å². The fourth-order valence-electron chi connectivity index (χ4n) is 10.3. The van der Waals surface area contributed by atoms with Crippen LogP contribution in [-0.2, 0) is 5.41 Å². The molecule has 0 unspecified atom stereocenters. The number of rotatable bonds is 4. The van der Waals surface area contributed by atoms with E-state index in [1.165, 1.54) is 11.1 Å². The second-order valence-corrected chi connectivity index (χ2v) is 16.2. The lowest BCUT2D eigenvalue weighted by Crippen LogP contribution is -2.71. The second kappa shape index (κ2) is 9.08. The van der Waals surface area contributed by atoms with Crippen LogP contribution in [0.5, 0.6) is 0 Å². The van der Waals surface area contributed by atoms with Gasteiger partial charge in [0.05, 0.1) is 0 Å². The SMILES string of the molecule is CC(C)(C)C(C(C)(C)C)C(c1ccccc1)(c1ccccc1)C(C(C)(C)C)(C(C)(C)C)C(C)(C)C. The van der Waals surface area contributed by atoms with Crippen LogP contribution in [-0.4, -0.2) is 0 Å². The predicted molar refractivity (Wildman–Crippen MR) is 157 cm³/mol. The fourth-order valence-corrected chi connectivity index (χ4v) is 10.3. The first-order chi connectivity index (χ1) is 15.6. The van der Waals surface area contributed by atoms with E-state index in [2.05, 4.69) is 165 Å². The van der Waals surface area contributed by atoms with Crippen LogP contribution in [0, 0.1) is 38.4 Å². The van der Waals surface area contributed by atoms with E-state index in [9.17, 15) is 0 Å². The van der Waals surface area contributed by atoms with Gasteiger partial charge in [-0.2, -0.15) is 0 Å². The van der Waals surface area contributed by atoms with E-state index in [4.69, 9.17) is 0 Å². The largest absolute Gasteiger partial charge is 0.0622 e. The highest BCUT2D eigenvalue weighted by atomic mass is 14.8. The molecule has 2 rings (SSSR count). The molecule has 0 atom stereocenters. The van der Waals surface area contributed by atoms with Gasteiger partial charge in [-0.05, 0) is 49.5 Å². The summed E-state index contributed by atoms with van der Waals surface area (Å²) < 4.78 is 0. The number of hydrogen-bond acceptors (Lipinski definition) is 0. The predicted octanol–water partition coefficient (Wildman–Crippen LogP) is 10.8. The van der Waals surface area contributed by atoms with Crippen molar-refractivity contribution in [3.05, 3.63) is 71.8 Å². The van der Waals surface area contributed by atoms with Crippen LogP contribution in [0.3, 0.4) is 0 Å². The lowest BCUT2D eigenvalue weighted by Gasteiger charge is -2.74. The molecule has 0 aliphatic carbocycles. The Labute approximate surface area is 219 Å². The number of benzene rings is 2. The molecule has 0 spiro atoms. The Morgan fingerprint density at radius 1 is 0.400 bits per heavy atom. The van der Waals surface area contributed by atoms with Crippen LogP contribution in [0.25, 0.3) is 0 Å². The molecular formula is C35H56. The van der Waals surface area contributed by atoms with Crippen molar-refractivity contribution in [2.75, 3.05) is 0 Å². The van der Waals surface area contributed by atoms with Crippen molar-refractivity contribution in [3.8, 4) is 0 Å². The Morgan fingerprint density at radius 2 is 0.657 bits per heavy atom. The smallest absolute Gasteiger partial charge is 0.0312 e. The molecule has 2 aromatic rings. The van der Waals surface area contributed by atoms with Crippen molar-refractivity contribution in [2.24, 2.45) is 38.4 Å². The van der Waals surface area contributed by atoms with Crippen molar-refractivity contribution in [3.63, 3.8) is 0 Å². The molecule has 0 heteroatoms. The molecule has 0 nitrogen and oxygen atoms in total. The van der Waals surface area contributed by atoms with E-state index in [0.717, 1.165) is 0 Å². The zero-order valence-corrected chi connectivity index (χ0v) is 25.9. The standard InChI is InChI=1S/C35H56/c1-29(2,3)28(30(4,5)6)34(26-22-18-16-19-23-26,27-24-20-17-21-25-27)35(31(7,8)9,32(10,11)12)33(13,14)15/h16-25,28H,1-15H3. The third-order valence-corrected chi connectivity index (χ3v) is 8.59. The van der Waals surface area contributed by atoms with Crippen LogP contribution in [0.15, 0.2) is 60.7 Å². The Hall–Kier alpha value is -1.56. The Kier molecular flexibility index (Phi) is 7.69. The summed E-state index contributed by atoms with van der Waals surface area (Å²) in [6, 6.07) is 23.1. The molecule has 0 aliphatic rings. The summed E-state index contributed by atoms with van der Waals surface area (Å²) in [6.45, 7) is 37.4. The van der Waals surface area contributed by atoms with Gasteiger partial charge in [0.1, 0.15) is 0 Å². The van der Waals surface area contributed by atoms with Gasteiger partial charge in [0.25, 0.3) is 0 Å². The van der Waals surface area contributed by atoms with Gasteiger partial charge < -0.3 is 0 Å². The molecule has 0 saturated heterocycles. The fraction of sp³-hybridized carbons (Fsp3) is 0.657. The average molecular weight is 477 g/mol. The summed E-state index contributed by atoms with van der Waals surface area (Å²) in [4.78, 5) is 0. The summed E-state index contributed by atoms with van der Waals surface area (Å²) in [6.07, 6.45) is 0. The van der Waals surface area contributed by atoms with Crippen molar-refractivity contribution in [1.29, 1.82) is 0 Å². The maximum atomic E-state index is 2.51. The average Bonchev–Trinajstić information content (AvgIpc) is 2.63. The van der Waals surface area contributed by atoms with Gasteiger partial charge in [0.2, 0.25) is 0 Å². The van der Waals surface area contributed by atoms with E-state index in [1.54, 1.807) is 0 Å². The zero-order valence-electron chi connectivity index (χ0n) is 25.9. The van der Waals surface area contributed by atoms with Crippen LogP contribution in [0.2, 0.25) is 0 Å². The van der Waals surface area contributed by atoms with E-state index in [-0.39, 0.29) is 37.9 Å². The van der Waals surface area contributed by atoms with Gasteiger partial charge in [0, 0.05) is 5.41 Å². The Morgan fingerprint density at radius 3 is 0.857 bits per heavy atom. The number of hydrogen-bond donors (Lipinski definition) is 0. The minimum Gasteiger partial charge on any atom is -0.0622 e. The lowest BCUT2D eigenvalue weighted by molar-refractivity contribution is -0.209. The maximum Gasteiger partial charge on any atom is 0.0312 e. The quantitative estimate of drug-likeness (QED) is 0.411. The summed E-state index contributed by atoms with van der Waals surface area (Å²) in [7, 11) is 0. The Balaban J connectivity index is 3.53. The second-order valence-electron chi connectivity index (χ2n) is 16.2. The minimum atomic E-state index is -0.263. The maximum absolute atomic E-state index is 2.51. The van der Waals surface area contributed by atoms with Gasteiger partial charge in [-0.3, -0.25) is 0 Å². The molecule has 35 heavy (non-hydrogen) atoms. The van der Waals surface area contributed by atoms with Gasteiger partial charge in [-0.15, -0.1) is 0 Å². The van der Waals surface area contributed by atoms with Crippen LogP contribution in [0.1, 0.15) is 115 Å². The highest BCUT2D eigenvalue weighted by Gasteiger charge is 2.72. The molecule has 0 N–H and O–H groups in total. The lowest BCUT2D eigenvalue weighted by atomic mass is 9.29. The van der Waals surface area contributed by atoms with E-state index >= 15 is 0 Å². The summed E-state index contributed by atoms with van der Waals surface area (Å²) in [5.74, 6) is 0.352. The van der Waals surface area contributed by atoms with Gasteiger partial charge in [0.15, 0.2) is 0 Å². The molecule has 0 radical (unpaired) electrons. The molecule has 0 fully saturated rings. The first kappa shape index (κ1) is 29.7. The molecule has 196 valence electrons. The summed E-state index contributed by atoms with van der Waals surface area (Å²) in [5, 5.41) is 0. The van der Waals surface area contributed by atoms with Gasteiger partial charge in [-0.25, -0.2) is 0 Å². The van der Waals surface area contributed by atoms with Crippen LogP contribution in [0.4, 0.5) is 0 Å². The van der Waals surface area contributed by atoms with Crippen LogP contribution < -0.4 is 0 Å². The summed E-state index contributed by atoms with van der Waals surface area (Å²) >= 11 is 0. The first-order valence-corrected chi connectivity index (χ1v) is 13.7. The Bertz CT molecular complexity index is 852. The molecule has 0 amide bonds. The normalized spacial score (nSPS) is 15.0. The minimum absolute atomic E-state index is 0.00999. The molecular weight excluding hydrogens is 420 g/mol. The summed E-state index contributed by atoms with van der Waals surface area (Å²) in [5.41, 5.74) is 2.57. The van der Waals surface area contributed by atoms with Crippen molar-refractivity contribution < 1.29 is 0 Å². The molecule has 0 aromatic heterocycles. The molecule has 2 aromatic carbocycles. The molecule has 0 bridgehead atoms. The van der Waals surface area contributed by atoms with Crippen molar-refractivity contribution in [1.82, 2.24) is 0 Å². The highest BCUT2D eigenvalue weighted by Crippen LogP contribution is 2.76. The zero-order chi connectivity index (χ0) is 27.3. The molecule has 0 saturated carbocycles. The van der Waals surface area contributed by atoms with Crippen molar-refractivity contribution >= 4 is 0 Å². The van der Waals surface area contributed by atoms with Crippen molar-refractivity contribution in [2.45, 2.75) is 109 Å². The molecule has 0 heterocycles. The third kappa shape index (κ3) is 4.65. The molecule has 0 aliphatic heterocycles. The van der Waals surface area contributed by atoms with Gasteiger partial charge in [-0.1, -0.05) is 165 Å². The first-order valence-electron chi connectivity index (χ1n) is 13.7. The van der Waals surface area contributed by atoms with E-state index in [0.29, 0.717) is 5.92 Å². The monoisotopic (exact) mass is 476 g/mol. The topological polar surface area (TPSA) is 0 Å². The highest BCUT2D eigenvalue weighted by molar-refractivity contribution is 5.48. The third-order valence-electron chi connectivity index (χ3n) is 8.59.